The number of carbonyl (C=O) groups is 1. The van der Waals surface area contributed by atoms with Crippen molar-refractivity contribution in [2.75, 3.05) is 20.2 Å². The summed E-state index contributed by atoms with van der Waals surface area (Å²) in [6, 6.07) is 6.53. The molecule has 1 aliphatic heterocycles. The Balaban J connectivity index is 1.77. The first-order valence-corrected chi connectivity index (χ1v) is 10.3. The summed E-state index contributed by atoms with van der Waals surface area (Å²) in [6.45, 7) is 2.64. The van der Waals surface area contributed by atoms with E-state index in [0.717, 1.165) is 17.4 Å². The molecular formula is C21H26BrN3O2. The van der Waals surface area contributed by atoms with Crippen molar-refractivity contribution in [2.24, 2.45) is 13.0 Å². The number of aryl methyl sites for hydroxylation is 1. The third-order valence-electron chi connectivity index (χ3n) is 6.11. The third-order valence-corrected chi connectivity index (χ3v) is 7.12. The van der Waals surface area contributed by atoms with Gasteiger partial charge >= 0.3 is 0 Å². The molecule has 0 saturated carbocycles. The number of aromatic nitrogens is 1. The van der Waals surface area contributed by atoms with E-state index in [9.17, 15) is 9.90 Å². The number of rotatable bonds is 4. The van der Waals surface area contributed by atoms with E-state index in [-0.39, 0.29) is 30.5 Å². The summed E-state index contributed by atoms with van der Waals surface area (Å²) in [5, 5.41) is 13.7. The predicted molar refractivity (Wildman–Crippen MR) is 112 cm³/mol. The van der Waals surface area contributed by atoms with Crippen LogP contribution in [0.5, 0.6) is 0 Å². The Kier molecular flexibility index (Phi) is 4.91. The highest BCUT2D eigenvalue weighted by Gasteiger charge is 2.37. The molecule has 2 heterocycles. The maximum absolute atomic E-state index is 12.8. The van der Waals surface area contributed by atoms with Crippen LogP contribution in [0.2, 0.25) is 0 Å². The Bertz CT molecular complexity index is 929. The lowest BCUT2D eigenvalue weighted by atomic mass is 9.79. The molecule has 2 N–H and O–H groups in total. The SMILES string of the molecule is CCC(CO)NC(=O)[C@@H]1C=C2c3cccc4c3c(c(Br)n4C)C[C@H]2N(C)C1. The van der Waals surface area contributed by atoms with Gasteiger partial charge in [-0.2, -0.15) is 0 Å². The number of fused-ring (bicyclic) bond motifs is 2. The first kappa shape index (κ1) is 18.7. The molecule has 2 aliphatic rings. The fraction of sp³-hybridized carbons (Fsp3) is 0.476. The molecule has 3 atom stereocenters. The zero-order chi connectivity index (χ0) is 19.3. The number of likely N-dealkylation sites (N-methyl/N-ethyl adjacent to an activating group) is 1. The van der Waals surface area contributed by atoms with Gasteiger partial charge in [-0.25, -0.2) is 0 Å². The Hall–Kier alpha value is -1.63. The van der Waals surface area contributed by atoms with Crippen molar-refractivity contribution in [1.29, 1.82) is 0 Å². The van der Waals surface area contributed by atoms with E-state index in [1.165, 1.54) is 27.6 Å². The number of carbonyl (C=O) groups excluding carboxylic acids is 1. The van der Waals surface area contributed by atoms with E-state index in [0.29, 0.717) is 6.54 Å². The number of halogens is 1. The normalized spacial score (nSPS) is 23.1. The predicted octanol–water partition coefficient (Wildman–Crippen LogP) is 2.70. The Morgan fingerprint density at radius 3 is 2.89 bits per heavy atom. The summed E-state index contributed by atoms with van der Waals surface area (Å²) in [6.07, 6.45) is 3.83. The number of aliphatic hydroxyl groups is 1. The summed E-state index contributed by atoms with van der Waals surface area (Å²) in [7, 11) is 4.19. The van der Waals surface area contributed by atoms with E-state index < -0.39 is 0 Å². The summed E-state index contributed by atoms with van der Waals surface area (Å²) >= 11 is 3.77. The molecule has 0 fully saturated rings. The zero-order valence-electron chi connectivity index (χ0n) is 16.0. The van der Waals surface area contributed by atoms with Gasteiger partial charge in [0.05, 0.1) is 23.2 Å². The number of amides is 1. The van der Waals surface area contributed by atoms with Crippen LogP contribution in [0.1, 0.15) is 24.5 Å². The molecule has 0 radical (unpaired) electrons. The number of hydrogen-bond acceptors (Lipinski definition) is 3. The highest BCUT2D eigenvalue weighted by Crippen LogP contribution is 2.44. The molecule has 5 nitrogen and oxygen atoms in total. The van der Waals surface area contributed by atoms with Crippen molar-refractivity contribution in [1.82, 2.24) is 14.8 Å². The highest BCUT2D eigenvalue weighted by atomic mass is 79.9. The second-order valence-electron chi connectivity index (χ2n) is 7.71. The van der Waals surface area contributed by atoms with E-state index in [1.807, 2.05) is 6.92 Å². The molecule has 1 aromatic heterocycles. The van der Waals surface area contributed by atoms with Gasteiger partial charge in [0, 0.05) is 30.5 Å². The van der Waals surface area contributed by atoms with Gasteiger partial charge in [-0.1, -0.05) is 25.1 Å². The first-order chi connectivity index (χ1) is 13.0. The fourth-order valence-electron chi connectivity index (χ4n) is 4.50. The molecule has 1 amide bonds. The minimum absolute atomic E-state index is 0.000846. The van der Waals surface area contributed by atoms with Crippen LogP contribution < -0.4 is 5.32 Å². The van der Waals surface area contributed by atoms with E-state index in [2.05, 4.69) is 69.1 Å². The number of benzene rings is 1. The van der Waals surface area contributed by atoms with Crippen LogP contribution in [-0.4, -0.2) is 52.8 Å². The second kappa shape index (κ2) is 7.08. The third kappa shape index (κ3) is 2.94. The topological polar surface area (TPSA) is 57.5 Å². The van der Waals surface area contributed by atoms with Crippen LogP contribution in [-0.2, 0) is 18.3 Å². The maximum Gasteiger partial charge on any atom is 0.228 e. The molecule has 0 spiro atoms. The Morgan fingerprint density at radius 2 is 2.19 bits per heavy atom. The van der Waals surface area contributed by atoms with Crippen LogP contribution in [0.25, 0.3) is 16.5 Å². The zero-order valence-corrected chi connectivity index (χ0v) is 17.6. The molecule has 0 saturated heterocycles. The number of aliphatic hydroxyl groups excluding tert-OH is 1. The van der Waals surface area contributed by atoms with Gasteiger partial charge in [-0.05, 0) is 58.6 Å². The standard InChI is InChI=1S/C21H26BrN3O2/c1-4-13(11-26)23-21(27)12-8-15-14-6-5-7-17-19(14)16(20(22)25(17)3)9-18(15)24(2)10-12/h5-8,12-13,18,26H,4,9-11H2,1-3H3,(H,23,27)/t12-,13?,18-/m1/s1. The van der Waals surface area contributed by atoms with Gasteiger partial charge in [0.1, 0.15) is 0 Å². The molecule has 1 aromatic carbocycles. The highest BCUT2D eigenvalue weighted by molar-refractivity contribution is 9.10. The molecule has 144 valence electrons. The van der Waals surface area contributed by atoms with Crippen molar-refractivity contribution in [3.8, 4) is 0 Å². The molecule has 1 aliphatic carbocycles. The lowest BCUT2D eigenvalue weighted by molar-refractivity contribution is -0.125. The molecule has 1 unspecified atom stereocenters. The van der Waals surface area contributed by atoms with Gasteiger partial charge in [-0.3, -0.25) is 9.69 Å². The summed E-state index contributed by atoms with van der Waals surface area (Å²) in [4.78, 5) is 15.1. The van der Waals surface area contributed by atoms with Crippen molar-refractivity contribution in [2.45, 2.75) is 31.8 Å². The lowest BCUT2D eigenvalue weighted by Crippen LogP contribution is -2.48. The molecule has 27 heavy (non-hydrogen) atoms. The van der Waals surface area contributed by atoms with Crippen LogP contribution in [0.3, 0.4) is 0 Å². The van der Waals surface area contributed by atoms with Gasteiger partial charge < -0.3 is 15.0 Å². The smallest absolute Gasteiger partial charge is 0.228 e. The monoisotopic (exact) mass is 431 g/mol. The molecule has 2 aromatic rings. The van der Waals surface area contributed by atoms with Crippen molar-refractivity contribution >= 4 is 38.3 Å². The summed E-state index contributed by atoms with van der Waals surface area (Å²) in [5.74, 6) is -0.202. The number of nitrogens with zero attached hydrogens (tertiary/aromatic N) is 2. The van der Waals surface area contributed by atoms with E-state index in [1.54, 1.807) is 0 Å². The average molecular weight is 432 g/mol. The van der Waals surface area contributed by atoms with Crippen LogP contribution in [0.15, 0.2) is 28.9 Å². The molecule has 0 bridgehead atoms. The lowest BCUT2D eigenvalue weighted by Gasteiger charge is -2.39. The molecular weight excluding hydrogens is 406 g/mol. The average Bonchev–Trinajstić information content (AvgIpc) is 2.92. The number of nitrogens with one attached hydrogen (secondary N) is 1. The minimum atomic E-state index is -0.203. The molecule has 4 rings (SSSR count). The maximum atomic E-state index is 12.8. The van der Waals surface area contributed by atoms with Gasteiger partial charge in [0.2, 0.25) is 5.91 Å². The van der Waals surface area contributed by atoms with Crippen molar-refractivity contribution in [3.63, 3.8) is 0 Å². The van der Waals surface area contributed by atoms with E-state index in [4.69, 9.17) is 0 Å². The van der Waals surface area contributed by atoms with Crippen molar-refractivity contribution < 1.29 is 9.90 Å². The largest absolute Gasteiger partial charge is 0.394 e. The van der Waals surface area contributed by atoms with Crippen molar-refractivity contribution in [3.05, 3.63) is 40.0 Å². The Morgan fingerprint density at radius 1 is 1.41 bits per heavy atom. The summed E-state index contributed by atoms with van der Waals surface area (Å²) in [5.41, 5.74) is 5.05. The quantitative estimate of drug-likeness (QED) is 0.782. The Labute approximate surface area is 168 Å². The number of hydrogen-bond donors (Lipinski definition) is 2. The van der Waals surface area contributed by atoms with Crippen LogP contribution >= 0.6 is 15.9 Å². The first-order valence-electron chi connectivity index (χ1n) is 9.55. The van der Waals surface area contributed by atoms with Gasteiger partial charge in [0.25, 0.3) is 0 Å². The molecule has 6 heteroatoms. The van der Waals surface area contributed by atoms with Crippen LogP contribution in [0.4, 0.5) is 0 Å². The minimum Gasteiger partial charge on any atom is -0.394 e. The summed E-state index contributed by atoms with van der Waals surface area (Å²) < 4.78 is 3.34. The van der Waals surface area contributed by atoms with Gasteiger partial charge in [-0.15, -0.1) is 0 Å². The van der Waals surface area contributed by atoms with E-state index >= 15 is 0 Å². The van der Waals surface area contributed by atoms with Crippen LogP contribution in [0, 0.1) is 5.92 Å². The second-order valence-corrected chi connectivity index (χ2v) is 8.46. The fourth-order valence-corrected chi connectivity index (χ4v) is 5.05. The van der Waals surface area contributed by atoms with Gasteiger partial charge in [0.15, 0.2) is 0 Å².